The first-order chi connectivity index (χ1) is 16.8. The van der Waals surface area contributed by atoms with Gasteiger partial charge in [-0.05, 0) is 30.2 Å². The van der Waals surface area contributed by atoms with Crippen LogP contribution in [0.2, 0.25) is 0 Å². The number of carbonyl (C=O) groups excluding carboxylic acids is 4. The van der Waals surface area contributed by atoms with E-state index in [0.717, 1.165) is 34.0 Å². The first-order valence-electron chi connectivity index (χ1n) is 10.5. The number of hydrogen-bond acceptors (Lipinski definition) is 9. The standard InChI is InChI=1S/C26H25NO8/c1-16(15-17-11-7-6-8-12-17)26-13-9-10-14-27(26)21(25(31)35-5)19(23(29)33-3)18(22(28)32-2)20(26)24(30)34-4/h6-15H,1-5H3/b16-15+/t26-/m1/s1. The molecule has 0 amide bonds. The Balaban J connectivity index is 2.55. The molecule has 0 bridgehead atoms. The molecule has 0 saturated heterocycles. The Labute approximate surface area is 202 Å². The summed E-state index contributed by atoms with van der Waals surface area (Å²) in [4.78, 5) is 53.9. The fraction of sp³-hybridized carbons (Fsp3) is 0.231. The van der Waals surface area contributed by atoms with Crippen LogP contribution in [0.15, 0.2) is 82.7 Å². The van der Waals surface area contributed by atoms with Crippen LogP contribution < -0.4 is 0 Å². The lowest BCUT2D eigenvalue weighted by atomic mass is 9.72. The lowest BCUT2D eigenvalue weighted by Gasteiger charge is -2.48. The predicted molar refractivity (Wildman–Crippen MR) is 125 cm³/mol. The summed E-state index contributed by atoms with van der Waals surface area (Å²) in [6.07, 6.45) is 8.22. The molecule has 0 radical (unpaired) electrons. The highest BCUT2D eigenvalue weighted by Crippen LogP contribution is 2.48. The summed E-state index contributed by atoms with van der Waals surface area (Å²) in [6.45, 7) is 1.74. The summed E-state index contributed by atoms with van der Waals surface area (Å²) in [6, 6.07) is 9.26. The molecule has 3 rings (SSSR count). The first kappa shape index (κ1) is 25.2. The molecule has 0 spiro atoms. The van der Waals surface area contributed by atoms with Gasteiger partial charge in [-0.2, -0.15) is 0 Å². The van der Waals surface area contributed by atoms with Gasteiger partial charge < -0.3 is 23.8 Å². The average Bonchev–Trinajstić information content (AvgIpc) is 2.90. The van der Waals surface area contributed by atoms with Gasteiger partial charge in [0.1, 0.15) is 16.8 Å². The number of rotatable bonds is 6. The van der Waals surface area contributed by atoms with Crippen LogP contribution in [0.3, 0.4) is 0 Å². The Morgan fingerprint density at radius 1 is 0.771 bits per heavy atom. The van der Waals surface area contributed by atoms with Crippen LogP contribution in [0, 0.1) is 0 Å². The zero-order chi connectivity index (χ0) is 25.8. The molecular formula is C26H25NO8. The van der Waals surface area contributed by atoms with E-state index < -0.39 is 40.6 Å². The number of carbonyl (C=O) groups is 4. The number of allylic oxidation sites excluding steroid dienone is 2. The summed E-state index contributed by atoms with van der Waals surface area (Å²) in [5.74, 6) is -3.89. The van der Waals surface area contributed by atoms with Gasteiger partial charge in [-0.25, -0.2) is 19.2 Å². The zero-order valence-corrected chi connectivity index (χ0v) is 20.0. The monoisotopic (exact) mass is 479 g/mol. The number of esters is 4. The van der Waals surface area contributed by atoms with Crippen molar-refractivity contribution in [2.24, 2.45) is 0 Å². The van der Waals surface area contributed by atoms with Gasteiger partial charge in [0.15, 0.2) is 0 Å². The number of nitrogens with zero attached hydrogens (tertiary/aromatic N) is 1. The molecule has 2 heterocycles. The van der Waals surface area contributed by atoms with Crippen molar-refractivity contribution in [3.8, 4) is 0 Å². The Hall–Kier alpha value is -4.40. The van der Waals surface area contributed by atoms with Gasteiger partial charge in [0.2, 0.25) is 0 Å². The van der Waals surface area contributed by atoms with Crippen molar-refractivity contribution >= 4 is 30.0 Å². The minimum Gasteiger partial charge on any atom is -0.466 e. The Bertz CT molecular complexity index is 1220. The number of hydrogen-bond donors (Lipinski definition) is 0. The van der Waals surface area contributed by atoms with E-state index in [4.69, 9.17) is 18.9 Å². The highest BCUT2D eigenvalue weighted by molar-refractivity contribution is 6.17. The third-order valence-corrected chi connectivity index (χ3v) is 5.75. The molecule has 2 aliphatic heterocycles. The van der Waals surface area contributed by atoms with E-state index in [9.17, 15) is 19.2 Å². The highest BCUT2D eigenvalue weighted by atomic mass is 16.5. The van der Waals surface area contributed by atoms with Crippen LogP contribution in [-0.4, -0.2) is 62.8 Å². The number of benzene rings is 1. The quantitative estimate of drug-likeness (QED) is 0.449. The number of fused-ring (bicyclic) bond motifs is 1. The molecule has 0 aromatic heterocycles. The first-order valence-corrected chi connectivity index (χ1v) is 10.5. The molecule has 1 atom stereocenters. The van der Waals surface area contributed by atoms with E-state index in [2.05, 4.69) is 0 Å². The van der Waals surface area contributed by atoms with Crippen LogP contribution in [0.5, 0.6) is 0 Å². The SMILES string of the molecule is COC(=O)C1=C(C(=O)OC)N2C=CC=C[C@@]2(/C(C)=C/c2ccccc2)C(C(=O)OC)=C1C(=O)OC. The van der Waals surface area contributed by atoms with Crippen molar-refractivity contribution in [3.63, 3.8) is 0 Å². The van der Waals surface area contributed by atoms with Crippen LogP contribution in [0.4, 0.5) is 0 Å². The predicted octanol–water partition coefficient (Wildman–Crippen LogP) is 2.47. The van der Waals surface area contributed by atoms with E-state index in [0.29, 0.717) is 5.57 Å². The Morgan fingerprint density at radius 3 is 1.91 bits per heavy atom. The van der Waals surface area contributed by atoms with Crippen molar-refractivity contribution in [3.05, 3.63) is 88.3 Å². The van der Waals surface area contributed by atoms with Gasteiger partial charge >= 0.3 is 23.9 Å². The van der Waals surface area contributed by atoms with Gasteiger partial charge in [0.25, 0.3) is 0 Å². The molecule has 182 valence electrons. The van der Waals surface area contributed by atoms with Gasteiger partial charge in [-0.3, -0.25) is 0 Å². The van der Waals surface area contributed by atoms with Gasteiger partial charge in [0.05, 0.1) is 39.6 Å². The molecular weight excluding hydrogens is 454 g/mol. The van der Waals surface area contributed by atoms with Gasteiger partial charge in [-0.1, -0.05) is 42.5 Å². The van der Waals surface area contributed by atoms with Crippen molar-refractivity contribution in [2.45, 2.75) is 12.5 Å². The van der Waals surface area contributed by atoms with E-state index in [1.807, 2.05) is 30.3 Å². The van der Waals surface area contributed by atoms with Crippen LogP contribution in [0.1, 0.15) is 12.5 Å². The van der Waals surface area contributed by atoms with Gasteiger partial charge in [0, 0.05) is 6.20 Å². The molecule has 0 saturated carbocycles. The maximum atomic E-state index is 13.3. The summed E-state index contributed by atoms with van der Waals surface area (Å²) in [7, 11) is 4.47. The fourth-order valence-corrected chi connectivity index (χ4v) is 4.23. The minimum absolute atomic E-state index is 0.217. The largest absolute Gasteiger partial charge is 0.466 e. The van der Waals surface area contributed by atoms with Crippen molar-refractivity contribution in [2.75, 3.05) is 28.4 Å². The van der Waals surface area contributed by atoms with Crippen LogP contribution in [0.25, 0.3) is 6.08 Å². The van der Waals surface area contributed by atoms with Crippen molar-refractivity contribution in [1.82, 2.24) is 4.90 Å². The van der Waals surface area contributed by atoms with Crippen LogP contribution in [-0.2, 0) is 38.1 Å². The second kappa shape index (κ2) is 10.3. The molecule has 1 aromatic carbocycles. The highest BCUT2D eigenvalue weighted by Gasteiger charge is 2.55. The molecule has 35 heavy (non-hydrogen) atoms. The molecule has 0 fully saturated rings. The summed E-state index contributed by atoms with van der Waals surface area (Å²) < 4.78 is 19.9. The molecule has 0 aliphatic carbocycles. The molecule has 9 nitrogen and oxygen atoms in total. The van der Waals surface area contributed by atoms with Crippen molar-refractivity contribution < 1.29 is 38.1 Å². The van der Waals surface area contributed by atoms with E-state index in [1.54, 1.807) is 31.2 Å². The lowest BCUT2D eigenvalue weighted by molar-refractivity contribution is -0.143. The molecule has 1 aromatic rings. The molecule has 0 N–H and O–H groups in total. The zero-order valence-electron chi connectivity index (χ0n) is 20.0. The van der Waals surface area contributed by atoms with E-state index in [1.165, 1.54) is 11.1 Å². The lowest BCUT2D eigenvalue weighted by Crippen LogP contribution is -2.55. The fourth-order valence-electron chi connectivity index (χ4n) is 4.23. The molecule has 0 unspecified atom stereocenters. The Kier molecular flexibility index (Phi) is 7.39. The number of ether oxygens (including phenoxy) is 4. The maximum Gasteiger partial charge on any atom is 0.355 e. The third-order valence-electron chi connectivity index (χ3n) is 5.75. The second-order valence-corrected chi connectivity index (χ2v) is 7.51. The summed E-state index contributed by atoms with van der Waals surface area (Å²) in [5, 5.41) is 0. The van der Waals surface area contributed by atoms with Crippen LogP contribution >= 0.6 is 0 Å². The maximum absolute atomic E-state index is 13.3. The summed E-state index contributed by atoms with van der Waals surface area (Å²) >= 11 is 0. The normalized spacial score (nSPS) is 19.2. The van der Waals surface area contributed by atoms with E-state index >= 15 is 0 Å². The smallest absolute Gasteiger partial charge is 0.355 e. The molecule has 2 aliphatic rings. The third kappa shape index (κ3) is 4.16. The second-order valence-electron chi connectivity index (χ2n) is 7.51. The van der Waals surface area contributed by atoms with E-state index in [-0.39, 0.29) is 11.3 Å². The topological polar surface area (TPSA) is 108 Å². The number of methoxy groups -OCH3 is 4. The van der Waals surface area contributed by atoms with Gasteiger partial charge in [-0.15, -0.1) is 0 Å². The Morgan fingerprint density at radius 2 is 1.34 bits per heavy atom. The minimum atomic E-state index is -1.54. The average molecular weight is 479 g/mol. The molecule has 9 heteroatoms. The van der Waals surface area contributed by atoms with Crippen molar-refractivity contribution in [1.29, 1.82) is 0 Å². The summed E-state index contributed by atoms with van der Waals surface area (Å²) in [5.41, 5.74) is -1.65.